The van der Waals surface area contributed by atoms with E-state index in [0.717, 1.165) is 0 Å². The van der Waals surface area contributed by atoms with Crippen LogP contribution in [0.25, 0.3) is 0 Å². The van der Waals surface area contributed by atoms with Gasteiger partial charge in [0.05, 0.1) is 7.11 Å². The molecule has 12 heteroatoms. The number of alkyl halides is 5. The molecule has 0 bridgehead atoms. The molecule has 0 amide bonds. The minimum absolute atomic E-state index is 0.0412. The Morgan fingerprint density at radius 3 is 1.50 bits per heavy atom. The number of esters is 1. The number of hydrogen-bond acceptors (Lipinski definition) is 2. The quantitative estimate of drug-likeness (QED) is 0.571. The average Bonchev–Trinajstić information content (AvgIpc) is 1.97. The summed E-state index contributed by atoms with van der Waals surface area (Å²) in [7, 11) is -12.0. The van der Waals surface area contributed by atoms with Crippen molar-refractivity contribution in [3.63, 3.8) is 0 Å². The predicted molar refractivity (Wildman–Crippen MR) is 35.0 cm³/mol. The van der Waals surface area contributed by atoms with E-state index in [-0.39, 0.29) is 7.11 Å². The van der Waals surface area contributed by atoms with E-state index in [2.05, 4.69) is 4.74 Å². The molecule has 0 aliphatic heterocycles. The van der Waals surface area contributed by atoms with Gasteiger partial charge in [-0.3, -0.25) is 0 Å². The number of carbonyl (C=O) groups is 1. The fourth-order valence-corrected chi connectivity index (χ4v) is 1.14. The Kier molecular flexibility index (Phi) is 2.57. The number of rotatable bonds is 2. The maximum atomic E-state index is 12.2. The topological polar surface area (TPSA) is 26.3 Å². The third-order valence-electron chi connectivity index (χ3n) is 1.40. The Morgan fingerprint density at radius 1 is 1.00 bits per heavy atom. The van der Waals surface area contributed by atoms with E-state index in [1.807, 2.05) is 0 Å². The van der Waals surface area contributed by atoms with Crippen molar-refractivity contribution in [2.75, 3.05) is 7.11 Å². The summed E-state index contributed by atoms with van der Waals surface area (Å²) in [6, 6.07) is 0. The van der Waals surface area contributed by atoms with Crippen LogP contribution in [0.1, 0.15) is 0 Å². The summed E-state index contributed by atoms with van der Waals surface area (Å²) >= 11 is 0. The normalized spacial score (nSPS) is 18.6. The van der Waals surface area contributed by atoms with Gasteiger partial charge in [0, 0.05) is 0 Å². The van der Waals surface area contributed by atoms with E-state index in [1.54, 1.807) is 0 Å². The van der Waals surface area contributed by atoms with Gasteiger partial charge in [0.1, 0.15) is 0 Å². The monoisotopic (exact) mass is 286 g/mol. The molecule has 0 saturated heterocycles. The molecule has 0 fully saturated rings. The van der Waals surface area contributed by atoms with E-state index in [0.29, 0.717) is 0 Å². The molecular weight excluding hydrogens is 283 g/mol. The molecule has 0 aliphatic rings. The van der Waals surface area contributed by atoms with Crippen molar-refractivity contribution in [1.82, 2.24) is 0 Å². The summed E-state index contributed by atoms with van der Waals surface area (Å²) in [5.74, 6) is -3.67. The highest BCUT2D eigenvalue weighted by atomic mass is 32.5. The van der Waals surface area contributed by atoms with Gasteiger partial charge in [-0.2, -0.15) is 22.0 Å². The first-order valence-corrected chi connectivity index (χ1v) is 5.09. The lowest BCUT2D eigenvalue weighted by Gasteiger charge is -2.52. The van der Waals surface area contributed by atoms with Crippen molar-refractivity contribution in [2.24, 2.45) is 0 Å². The number of methoxy groups -OCH3 is 1. The molecule has 2 nitrogen and oxygen atoms in total. The first kappa shape index (κ1) is 15.2. The second-order valence-electron chi connectivity index (χ2n) is 2.52. The summed E-state index contributed by atoms with van der Waals surface area (Å²) in [5.41, 5.74) is -7.86. The highest BCUT2D eigenvalue weighted by molar-refractivity contribution is 8.51. The Labute approximate surface area is 81.8 Å². The standard InChI is InChI=1S/C4H3F9O2S/c1-15-2(14)3(5,6)16(10,11,12,13)4(7,8)9/h1H3. The first-order valence-electron chi connectivity index (χ1n) is 3.04. The molecular formula is C4H3F9O2S. The fraction of sp³-hybridized carbons (Fsp3) is 0.750. The number of ether oxygens (including phenoxy) is 1. The molecule has 0 atom stereocenters. The molecule has 0 spiro atoms. The molecule has 0 aromatic rings. The van der Waals surface area contributed by atoms with Gasteiger partial charge in [0.25, 0.3) is 0 Å². The first-order chi connectivity index (χ1) is 6.52. The number of hydrogen-bond donors (Lipinski definition) is 0. The van der Waals surface area contributed by atoms with Gasteiger partial charge in [-0.15, -0.1) is 15.5 Å². The second kappa shape index (κ2) is 2.71. The highest BCUT2D eigenvalue weighted by Gasteiger charge is 2.99. The summed E-state index contributed by atoms with van der Waals surface area (Å²) in [6.07, 6.45) is 0. The highest BCUT2D eigenvalue weighted by Crippen LogP contribution is 3.08. The van der Waals surface area contributed by atoms with E-state index < -0.39 is 26.6 Å². The lowest BCUT2D eigenvalue weighted by molar-refractivity contribution is -0.165. The van der Waals surface area contributed by atoms with Gasteiger partial charge in [-0.25, -0.2) is 4.79 Å². The van der Waals surface area contributed by atoms with Crippen LogP contribution in [0.4, 0.5) is 37.5 Å². The molecule has 0 saturated carbocycles. The minimum atomic E-state index is -12.0. The van der Waals surface area contributed by atoms with Crippen LogP contribution < -0.4 is 0 Å². The van der Waals surface area contributed by atoms with Crippen molar-refractivity contribution in [3.05, 3.63) is 0 Å². The van der Waals surface area contributed by atoms with Crippen LogP contribution in [0.5, 0.6) is 0 Å². The van der Waals surface area contributed by atoms with E-state index in [1.165, 1.54) is 0 Å². The molecule has 0 aromatic heterocycles. The Balaban J connectivity index is 6.13. The lowest BCUT2D eigenvalue weighted by atomic mass is 10.7. The Morgan fingerprint density at radius 2 is 1.31 bits per heavy atom. The van der Waals surface area contributed by atoms with Crippen molar-refractivity contribution in [3.8, 4) is 0 Å². The summed E-state index contributed by atoms with van der Waals surface area (Å²) in [5, 5.41) is -7.27. The van der Waals surface area contributed by atoms with Crippen LogP contribution in [0.15, 0.2) is 0 Å². The van der Waals surface area contributed by atoms with Gasteiger partial charge in [-0.1, -0.05) is 0 Å². The largest absolute Gasteiger partial charge is 0.512 e. The third kappa shape index (κ3) is 1.42. The summed E-state index contributed by atoms with van der Waals surface area (Å²) < 4.78 is 110. The van der Waals surface area contributed by atoms with Gasteiger partial charge in [0.15, 0.2) is 0 Å². The van der Waals surface area contributed by atoms with Gasteiger partial charge in [0.2, 0.25) is 0 Å². The molecule has 0 unspecified atom stereocenters. The number of halogens is 9. The van der Waals surface area contributed by atoms with Crippen LogP contribution in [0, 0.1) is 0 Å². The van der Waals surface area contributed by atoms with Crippen molar-refractivity contribution >= 4 is 15.8 Å². The zero-order valence-electron chi connectivity index (χ0n) is 7.13. The van der Waals surface area contributed by atoms with Crippen LogP contribution in [-0.2, 0) is 9.53 Å². The second-order valence-corrected chi connectivity index (χ2v) is 5.64. The van der Waals surface area contributed by atoms with Crippen LogP contribution in [-0.4, -0.2) is 23.8 Å². The molecule has 0 aromatic carbocycles. The van der Waals surface area contributed by atoms with Gasteiger partial charge in [-0.05, 0) is 0 Å². The van der Waals surface area contributed by atoms with Crippen molar-refractivity contribution < 1.29 is 47.0 Å². The fourth-order valence-electron chi connectivity index (χ4n) is 0.432. The van der Waals surface area contributed by atoms with E-state index >= 15 is 0 Å². The molecule has 16 heavy (non-hydrogen) atoms. The Bertz CT molecular complexity index is 322. The zero-order valence-corrected chi connectivity index (χ0v) is 7.94. The van der Waals surface area contributed by atoms with Crippen LogP contribution in [0.3, 0.4) is 0 Å². The van der Waals surface area contributed by atoms with E-state index in [4.69, 9.17) is 0 Å². The van der Waals surface area contributed by atoms with Crippen molar-refractivity contribution in [2.45, 2.75) is 10.8 Å². The average molecular weight is 286 g/mol. The molecule has 0 rings (SSSR count). The van der Waals surface area contributed by atoms with Crippen molar-refractivity contribution in [1.29, 1.82) is 0 Å². The van der Waals surface area contributed by atoms with Gasteiger partial charge < -0.3 is 4.74 Å². The van der Waals surface area contributed by atoms with Crippen LogP contribution >= 0.6 is 9.84 Å². The SMILES string of the molecule is COC(=O)C(F)(F)S(F)(F)(F)(F)C(F)(F)F. The minimum Gasteiger partial charge on any atom is -0.464 e. The zero-order chi connectivity index (χ0) is 13.7. The third-order valence-corrected chi connectivity index (χ3v) is 3.53. The predicted octanol–water partition coefficient (Wildman–Crippen LogP) is 3.69. The molecule has 0 radical (unpaired) electrons. The molecule has 0 aliphatic carbocycles. The lowest BCUT2D eigenvalue weighted by Crippen LogP contribution is -2.51. The molecule has 100 valence electrons. The number of carbonyl (C=O) groups excluding carboxylic acids is 1. The smallest absolute Gasteiger partial charge is 0.464 e. The molecule has 0 N–H and O–H groups in total. The van der Waals surface area contributed by atoms with Crippen LogP contribution in [0.2, 0.25) is 0 Å². The Hall–Kier alpha value is -0.810. The van der Waals surface area contributed by atoms with Gasteiger partial charge >= 0.3 is 26.6 Å². The molecule has 0 heterocycles. The summed E-state index contributed by atoms with van der Waals surface area (Å²) in [4.78, 5) is 9.93. The maximum absolute atomic E-state index is 12.2. The maximum Gasteiger partial charge on any atom is 0.512 e. The summed E-state index contributed by atoms with van der Waals surface area (Å²) in [6.45, 7) is 0. The van der Waals surface area contributed by atoms with E-state index in [9.17, 15) is 42.3 Å².